The Morgan fingerprint density at radius 3 is 2.87 bits per heavy atom. The molecule has 0 unspecified atom stereocenters. The second kappa shape index (κ2) is 5.23. The Labute approximate surface area is 97.1 Å². The van der Waals surface area contributed by atoms with E-state index in [1.54, 1.807) is 6.20 Å². The van der Waals surface area contributed by atoms with Crippen LogP contribution in [0.1, 0.15) is 0 Å². The van der Waals surface area contributed by atoms with E-state index < -0.39 is 0 Å². The molecule has 1 aliphatic rings. The fourth-order valence-electron chi connectivity index (χ4n) is 1.28. The zero-order valence-electron chi connectivity index (χ0n) is 8.27. The molecule has 1 aromatic heterocycles. The van der Waals surface area contributed by atoms with Crippen molar-refractivity contribution in [1.82, 2.24) is 9.88 Å². The summed E-state index contributed by atoms with van der Waals surface area (Å²) < 4.78 is 6.21. The van der Waals surface area contributed by atoms with Crippen LogP contribution in [0.15, 0.2) is 27.8 Å². The standard InChI is InChI=1S/C10H12BrN3O/c11-9-1-2-10(12-7-9)13-8-14-3-5-15-6-4-14/h1-2,7-8H,3-6H2. The summed E-state index contributed by atoms with van der Waals surface area (Å²) >= 11 is 3.33. The molecule has 2 rings (SSSR count). The minimum Gasteiger partial charge on any atom is -0.378 e. The molecule has 0 atom stereocenters. The van der Waals surface area contributed by atoms with Crippen molar-refractivity contribution in [3.8, 4) is 0 Å². The molecule has 15 heavy (non-hydrogen) atoms. The molecule has 0 spiro atoms. The average Bonchev–Trinajstić information content (AvgIpc) is 2.30. The van der Waals surface area contributed by atoms with Crippen molar-refractivity contribution in [2.45, 2.75) is 0 Å². The highest BCUT2D eigenvalue weighted by molar-refractivity contribution is 9.10. The first-order valence-electron chi connectivity index (χ1n) is 4.82. The lowest BCUT2D eigenvalue weighted by Crippen LogP contribution is -2.35. The number of hydrogen-bond donors (Lipinski definition) is 0. The van der Waals surface area contributed by atoms with Gasteiger partial charge in [0.2, 0.25) is 0 Å². The van der Waals surface area contributed by atoms with E-state index in [0.29, 0.717) is 0 Å². The summed E-state index contributed by atoms with van der Waals surface area (Å²) in [6.07, 6.45) is 3.57. The van der Waals surface area contributed by atoms with Gasteiger partial charge in [-0.25, -0.2) is 9.98 Å². The Bertz CT molecular complexity index is 333. The van der Waals surface area contributed by atoms with Gasteiger partial charge >= 0.3 is 0 Å². The third-order valence-electron chi connectivity index (χ3n) is 2.11. The third-order valence-corrected chi connectivity index (χ3v) is 2.58. The number of morpholine rings is 1. The largest absolute Gasteiger partial charge is 0.378 e. The van der Waals surface area contributed by atoms with Crippen molar-refractivity contribution in [2.24, 2.45) is 4.99 Å². The van der Waals surface area contributed by atoms with Gasteiger partial charge in [0, 0.05) is 23.8 Å². The predicted molar refractivity (Wildman–Crippen MR) is 62.5 cm³/mol. The van der Waals surface area contributed by atoms with Gasteiger partial charge in [-0.1, -0.05) is 0 Å². The van der Waals surface area contributed by atoms with Crippen molar-refractivity contribution in [3.63, 3.8) is 0 Å². The predicted octanol–water partition coefficient (Wildman–Crippen LogP) is 1.84. The molecule has 0 amide bonds. The molecule has 0 saturated carbocycles. The second-order valence-corrected chi connectivity index (χ2v) is 4.14. The van der Waals surface area contributed by atoms with Gasteiger partial charge in [-0.2, -0.15) is 0 Å². The molecule has 0 bridgehead atoms. The van der Waals surface area contributed by atoms with Gasteiger partial charge in [-0.05, 0) is 28.1 Å². The molecule has 1 fully saturated rings. The van der Waals surface area contributed by atoms with Gasteiger partial charge in [0.25, 0.3) is 0 Å². The molecule has 4 nitrogen and oxygen atoms in total. The van der Waals surface area contributed by atoms with Crippen LogP contribution in [0.3, 0.4) is 0 Å². The first kappa shape index (κ1) is 10.6. The fourth-order valence-corrected chi connectivity index (χ4v) is 1.51. The highest BCUT2D eigenvalue weighted by atomic mass is 79.9. The zero-order valence-corrected chi connectivity index (χ0v) is 9.85. The summed E-state index contributed by atoms with van der Waals surface area (Å²) in [5.41, 5.74) is 0. The van der Waals surface area contributed by atoms with Crippen LogP contribution >= 0.6 is 15.9 Å². The first-order valence-corrected chi connectivity index (χ1v) is 5.61. The third kappa shape index (κ3) is 3.28. The van der Waals surface area contributed by atoms with Crippen LogP contribution in [0.5, 0.6) is 0 Å². The molecule has 0 aromatic carbocycles. The Balaban J connectivity index is 1.95. The summed E-state index contributed by atoms with van der Waals surface area (Å²) in [7, 11) is 0. The van der Waals surface area contributed by atoms with Crippen LogP contribution in [-0.2, 0) is 4.74 Å². The molecular formula is C10H12BrN3O. The van der Waals surface area contributed by atoms with E-state index in [2.05, 4.69) is 30.8 Å². The van der Waals surface area contributed by atoms with Gasteiger partial charge in [0.15, 0.2) is 5.82 Å². The minimum absolute atomic E-state index is 0.727. The maximum absolute atomic E-state index is 5.24. The summed E-state index contributed by atoms with van der Waals surface area (Å²) in [6, 6.07) is 3.81. The number of aliphatic imine (C=N–C) groups is 1. The SMILES string of the molecule is Brc1ccc(N=CN2CCOCC2)nc1. The summed E-state index contributed by atoms with van der Waals surface area (Å²) in [4.78, 5) is 10.6. The minimum atomic E-state index is 0.727. The summed E-state index contributed by atoms with van der Waals surface area (Å²) in [5, 5.41) is 0. The molecule has 1 saturated heterocycles. The maximum atomic E-state index is 5.24. The number of pyridine rings is 1. The number of ether oxygens (including phenoxy) is 1. The van der Waals surface area contributed by atoms with Crippen LogP contribution in [0, 0.1) is 0 Å². The van der Waals surface area contributed by atoms with Gasteiger partial charge in [-0.15, -0.1) is 0 Å². The number of rotatable bonds is 2. The van der Waals surface area contributed by atoms with Crippen LogP contribution in [0.2, 0.25) is 0 Å². The molecule has 5 heteroatoms. The lowest BCUT2D eigenvalue weighted by Gasteiger charge is -2.23. The van der Waals surface area contributed by atoms with E-state index in [-0.39, 0.29) is 0 Å². The van der Waals surface area contributed by atoms with E-state index in [0.717, 1.165) is 36.6 Å². The fraction of sp³-hybridized carbons (Fsp3) is 0.400. The molecule has 2 heterocycles. The van der Waals surface area contributed by atoms with Crippen molar-refractivity contribution in [3.05, 3.63) is 22.8 Å². The van der Waals surface area contributed by atoms with Crippen LogP contribution in [0.4, 0.5) is 5.82 Å². The van der Waals surface area contributed by atoms with E-state index in [1.165, 1.54) is 0 Å². The number of halogens is 1. The van der Waals surface area contributed by atoms with Crippen molar-refractivity contribution in [2.75, 3.05) is 26.3 Å². The number of nitrogens with zero attached hydrogens (tertiary/aromatic N) is 3. The molecule has 0 N–H and O–H groups in total. The van der Waals surface area contributed by atoms with Crippen molar-refractivity contribution >= 4 is 28.1 Å². The van der Waals surface area contributed by atoms with E-state index in [4.69, 9.17) is 4.74 Å². The average molecular weight is 270 g/mol. The van der Waals surface area contributed by atoms with E-state index in [1.807, 2.05) is 18.5 Å². The first-order chi connectivity index (χ1) is 7.34. The molecule has 80 valence electrons. The molecule has 1 aliphatic heterocycles. The van der Waals surface area contributed by atoms with Gasteiger partial charge < -0.3 is 9.64 Å². The summed E-state index contributed by atoms with van der Waals surface area (Å²) in [6.45, 7) is 3.36. The second-order valence-electron chi connectivity index (χ2n) is 3.23. The van der Waals surface area contributed by atoms with Gasteiger partial charge in [-0.3, -0.25) is 0 Å². The highest BCUT2D eigenvalue weighted by Crippen LogP contribution is 2.12. The Morgan fingerprint density at radius 2 is 2.20 bits per heavy atom. The monoisotopic (exact) mass is 269 g/mol. The van der Waals surface area contributed by atoms with Gasteiger partial charge in [0.1, 0.15) is 0 Å². The lowest BCUT2D eigenvalue weighted by molar-refractivity contribution is 0.0701. The van der Waals surface area contributed by atoms with Crippen LogP contribution < -0.4 is 0 Å². The van der Waals surface area contributed by atoms with E-state index in [9.17, 15) is 0 Å². The maximum Gasteiger partial charge on any atom is 0.153 e. The number of hydrogen-bond acceptors (Lipinski definition) is 3. The lowest BCUT2D eigenvalue weighted by atomic mass is 10.4. The van der Waals surface area contributed by atoms with Gasteiger partial charge in [0.05, 0.1) is 19.6 Å². The molecule has 1 aromatic rings. The Morgan fingerprint density at radius 1 is 1.40 bits per heavy atom. The normalized spacial score (nSPS) is 17.3. The molecular weight excluding hydrogens is 258 g/mol. The smallest absolute Gasteiger partial charge is 0.153 e. The Kier molecular flexibility index (Phi) is 3.69. The Hall–Kier alpha value is -0.940. The molecule has 0 radical (unpaired) electrons. The van der Waals surface area contributed by atoms with E-state index >= 15 is 0 Å². The van der Waals surface area contributed by atoms with Crippen molar-refractivity contribution in [1.29, 1.82) is 0 Å². The van der Waals surface area contributed by atoms with Crippen molar-refractivity contribution < 1.29 is 4.74 Å². The highest BCUT2D eigenvalue weighted by Gasteiger charge is 2.05. The zero-order chi connectivity index (χ0) is 10.5. The summed E-state index contributed by atoms with van der Waals surface area (Å²) in [5.74, 6) is 0.727. The van der Waals surface area contributed by atoms with Crippen LogP contribution in [0.25, 0.3) is 0 Å². The molecule has 0 aliphatic carbocycles. The van der Waals surface area contributed by atoms with Crippen LogP contribution in [-0.4, -0.2) is 42.5 Å². The number of aromatic nitrogens is 1. The quantitative estimate of drug-likeness (QED) is 0.608. The topological polar surface area (TPSA) is 37.7 Å².